The summed E-state index contributed by atoms with van der Waals surface area (Å²) in [6.45, 7) is 6.26. The summed E-state index contributed by atoms with van der Waals surface area (Å²) in [6, 6.07) is 87.0. The maximum Gasteiger partial charge on any atom is 0.193 e. The minimum Gasteiger partial charge on any atom is -0.289 e. The highest BCUT2D eigenvalue weighted by Crippen LogP contribution is 2.65. The van der Waals surface area contributed by atoms with E-state index in [1.165, 1.54) is 77.9 Å². The van der Waals surface area contributed by atoms with Crippen LogP contribution in [0.25, 0.3) is 50.1 Å². The number of rotatable bonds is 6. The topological polar surface area (TPSA) is 34.1 Å². The third-order valence-electron chi connectivity index (χ3n) is 19.4. The van der Waals surface area contributed by atoms with Crippen molar-refractivity contribution in [3.63, 3.8) is 0 Å². The molecule has 0 bridgehead atoms. The summed E-state index contributed by atoms with van der Waals surface area (Å²) in [5, 5.41) is 0. The summed E-state index contributed by atoms with van der Waals surface area (Å²) in [7, 11) is 0. The molecule has 0 fully saturated rings. The van der Waals surface area contributed by atoms with Crippen LogP contribution in [0.1, 0.15) is 117 Å². The quantitative estimate of drug-likeness (QED) is 0.123. The van der Waals surface area contributed by atoms with Crippen molar-refractivity contribution in [1.29, 1.82) is 0 Å². The Bertz CT molecular complexity index is 4670. The molecule has 81 heavy (non-hydrogen) atoms. The predicted molar refractivity (Wildman–Crippen MR) is 326 cm³/mol. The van der Waals surface area contributed by atoms with E-state index in [0.717, 1.165) is 62.1 Å². The third kappa shape index (κ3) is 5.66. The van der Waals surface area contributed by atoms with Crippen molar-refractivity contribution in [3.05, 3.63) is 373 Å². The van der Waals surface area contributed by atoms with Gasteiger partial charge in [0.25, 0.3) is 0 Å². The van der Waals surface area contributed by atoms with Crippen molar-refractivity contribution in [2.24, 2.45) is 0 Å². The van der Waals surface area contributed by atoms with Gasteiger partial charge < -0.3 is 0 Å². The fourth-order valence-electron chi connectivity index (χ4n) is 16.3. The number of fused-ring (bicyclic) bond motifs is 26. The molecule has 0 aliphatic heterocycles. The van der Waals surface area contributed by atoms with Crippen LogP contribution in [-0.2, 0) is 22.7 Å². The minimum atomic E-state index is -0.806. The molecule has 0 aromatic heterocycles. The van der Waals surface area contributed by atoms with E-state index in [-0.39, 0.29) is 11.6 Å². The monoisotopic (exact) mass is 1030 g/mol. The van der Waals surface area contributed by atoms with Crippen molar-refractivity contribution >= 4 is 17.1 Å². The Morgan fingerprint density at radius 2 is 0.642 bits per heavy atom. The minimum absolute atomic E-state index is 0.0222. The summed E-state index contributed by atoms with van der Waals surface area (Å²) in [6.07, 6.45) is 6.82. The van der Waals surface area contributed by atoms with Crippen molar-refractivity contribution in [2.75, 3.05) is 0 Å². The number of hydrogen-bond donors (Lipinski definition) is 0. The Morgan fingerprint density at radius 3 is 1.09 bits per heavy atom. The summed E-state index contributed by atoms with van der Waals surface area (Å²) >= 11 is 0. The van der Waals surface area contributed by atoms with Gasteiger partial charge >= 0.3 is 0 Å². The second kappa shape index (κ2) is 16.5. The van der Waals surface area contributed by atoms with Gasteiger partial charge in [-0.25, -0.2) is 0 Å². The summed E-state index contributed by atoms with van der Waals surface area (Å²) in [5.41, 5.74) is 28.9. The van der Waals surface area contributed by atoms with Crippen molar-refractivity contribution < 1.29 is 9.59 Å². The highest BCUT2D eigenvalue weighted by atomic mass is 16.1. The van der Waals surface area contributed by atoms with Crippen LogP contribution in [0.2, 0.25) is 0 Å². The lowest BCUT2D eigenvalue weighted by atomic mass is 9.61. The molecule has 0 amide bonds. The molecule has 0 radical (unpaired) electrons. The smallest absolute Gasteiger partial charge is 0.193 e. The largest absolute Gasteiger partial charge is 0.289 e. The molecule has 0 N–H and O–H groups in total. The number of allylic oxidation sites excluding steroid dienone is 5. The van der Waals surface area contributed by atoms with Gasteiger partial charge in [-0.3, -0.25) is 9.59 Å². The van der Waals surface area contributed by atoms with Gasteiger partial charge in [-0.2, -0.15) is 0 Å². The molecule has 6 aliphatic carbocycles. The fraction of sp³-hybridized carbons (Fsp3) is 0.0633. The van der Waals surface area contributed by atoms with Crippen LogP contribution < -0.4 is 0 Å². The van der Waals surface area contributed by atoms with E-state index >= 15 is 9.59 Å². The number of ketones is 2. The molecule has 11 aromatic rings. The summed E-state index contributed by atoms with van der Waals surface area (Å²) in [5.74, 6) is -0.0562. The van der Waals surface area contributed by atoms with Crippen molar-refractivity contribution in [3.8, 4) is 44.5 Å². The van der Waals surface area contributed by atoms with Gasteiger partial charge in [-0.05, 0) is 171 Å². The Labute approximate surface area is 471 Å². The maximum absolute atomic E-state index is 15.7. The van der Waals surface area contributed by atoms with E-state index in [4.69, 9.17) is 0 Å². The maximum atomic E-state index is 15.7. The Kier molecular flexibility index (Phi) is 9.37. The van der Waals surface area contributed by atoms with Gasteiger partial charge in [0.2, 0.25) is 0 Å². The lowest BCUT2D eigenvalue weighted by molar-refractivity contribution is 0.103. The molecule has 17 rings (SSSR count). The van der Waals surface area contributed by atoms with E-state index in [2.05, 4.69) is 238 Å². The van der Waals surface area contributed by atoms with Gasteiger partial charge in [0, 0.05) is 22.3 Å². The molecule has 0 heterocycles. The standard InChI is InChI=1S/C79H50O2/c1-3-4-20-54-47(2)77(65-28-13-6-21-55(54)65)66-29-14-7-26-60(66)61-39-36-51(44-72(61)77)76(81)53-38-41-63-62-40-37-52(45-73(62)79(74(63)46-53)69-32-17-10-24-58(69)59-25-11-18-33-70(59)79)75(80)50-35-34-49-42-48-19-5-12-27-64(48)78(71(49)43-50)67-30-15-8-22-56(67)57-23-9-16-31-68(57)78/h3-41,43-46H,1,42H2,2H3. The van der Waals surface area contributed by atoms with Crippen molar-refractivity contribution in [2.45, 2.75) is 29.6 Å². The third-order valence-corrected chi connectivity index (χ3v) is 19.4. The van der Waals surface area contributed by atoms with Gasteiger partial charge in [-0.15, -0.1) is 0 Å². The molecule has 2 nitrogen and oxygen atoms in total. The lowest BCUT2D eigenvalue weighted by Crippen LogP contribution is -2.34. The van der Waals surface area contributed by atoms with Crippen LogP contribution in [-0.4, -0.2) is 11.6 Å². The van der Waals surface area contributed by atoms with Crippen LogP contribution in [0.15, 0.2) is 273 Å². The zero-order chi connectivity index (χ0) is 53.9. The number of carbonyl (C=O) groups excluding carboxylic acids is 2. The number of carbonyl (C=O) groups is 2. The first-order valence-corrected chi connectivity index (χ1v) is 28.2. The summed E-state index contributed by atoms with van der Waals surface area (Å²) in [4.78, 5) is 31.3. The van der Waals surface area contributed by atoms with Gasteiger partial charge in [-0.1, -0.05) is 243 Å². The second-order valence-corrected chi connectivity index (χ2v) is 22.8. The van der Waals surface area contributed by atoms with E-state index < -0.39 is 16.2 Å². The zero-order valence-corrected chi connectivity index (χ0v) is 44.6. The zero-order valence-electron chi connectivity index (χ0n) is 44.6. The highest BCUT2D eigenvalue weighted by Gasteiger charge is 2.54. The molecule has 1 unspecified atom stereocenters. The molecule has 1 atom stereocenters. The first kappa shape index (κ1) is 45.9. The normalized spacial score (nSPS) is 16.7. The molecular formula is C79H50O2. The molecule has 11 aromatic carbocycles. The fourth-order valence-corrected chi connectivity index (χ4v) is 16.3. The van der Waals surface area contributed by atoms with E-state index in [0.29, 0.717) is 22.3 Å². The Hall–Kier alpha value is -10.0. The molecule has 3 spiro atoms. The average molecular weight is 1030 g/mol. The van der Waals surface area contributed by atoms with E-state index in [9.17, 15) is 0 Å². The number of hydrogen-bond acceptors (Lipinski definition) is 2. The highest BCUT2D eigenvalue weighted by molar-refractivity contribution is 6.13. The molecular weight excluding hydrogens is 981 g/mol. The summed E-state index contributed by atoms with van der Waals surface area (Å²) < 4.78 is 0. The molecule has 6 aliphatic rings. The first-order valence-electron chi connectivity index (χ1n) is 28.2. The van der Waals surface area contributed by atoms with Gasteiger partial charge in [0.05, 0.1) is 16.2 Å². The molecule has 0 saturated heterocycles. The van der Waals surface area contributed by atoms with Crippen molar-refractivity contribution in [1.82, 2.24) is 0 Å². The van der Waals surface area contributed by atoms with Crippen LogP contribution in [0.5, 0.6) is 0 Å². The Balaban J connectivity index is 0.818. The average Bonchev–Trinajstić information content (AvgIpc) is 3.47. The second-order valence-electron chi connectivity index (χ2n) is 22.8. The van der Waals surface area contributed by atoms with Gasteiger partial charge in [0.1, 0.15) is 0 Å². The molecule has 0 saturated carbocycles. The van der Waals surface area contributed by atoms with E-state index in [1.807, 2.05) is 36.4 Å². The SMILES string of the molecule is C=CC=CC1=C(C)C2(c3ccccc31)c1ccccc1-c1ccc(C(=O)c3ccc4c(c3)C3(c5ccccc5-c5ccccc53)c3cc(C(=O)c5ccc6c(c5)C5(c7ccccc7C6)c6ccccc6-c6ccccc65)ccc3-4)cc12. The van der Waals surface area contributed by atoms with Gasteiger partial charge in [0.15, 0.2) is 11.6 Å². The molecule has 2 heteroatoms. The lowest BCUT2D eigenvalue weighted by Gasteiger charge is -2.40. The van der Waals surface area contributed by atoms with Crippen LogP contribution in [0, 0.1) is 0 Å². The van der Waals surface area contributed by atoms with Crippen LogP contribution in [0.3, 0.4) is 0 Å². The van der Waals surface area contributed by atoms with Crippen LogP contribution in [0.4, 0.5) is 0 Å². The predicted octanol–water partition coefficient (Wildman–Crippen LogP) is 17.6. The van der Waals surface area contributed by atoms with Crippen LogP contribution >= 0.6 is 0 Å². The first-order chi connectivity index (χ1) is 39.9. The van der Waals surface area contributed by atoms with E-state index in [1.54, 1.807) is 0 Å². The Morgan fingerprint density at radius 1 is 0.333 bits per heavy atom. The molecule has 378 valence electrons. The number of benzene rings is 11.